The minimum absolute atomic E-state index is 0.312. The van der Waals surface area contributed by atoms with Crippen molar-refractivity contribution < 1.29 is 9.47 Å². The average Bonchev–Trinajstić information content (AvgIpc) is 2.70. The third-order valence-corrected chi connectivity index (χ3v) is 6.30. The highest BCUT2D eigenvalue weighted by Gasteiger charge is 2.14. The van der Waals surface area contributed by atoms with Crippen molar-refractivity contribution in [2.45, 2.75) is 20.1 Å². The lowest BCUT2D eigenvalue weighted by Crippen LogP contribution is -2.05. The maximum Gasteiger partial charge on any atom is 0.174 e. The summed E-state index contributed by atoms with van der Waals surface area (Å²) in [7, 11) is 0. The Morgan fingerprint density at radius 3 is 2.37 bits per heavy atom. The van der Waals surface area contributed by atoms with Crippen molar-refractivity contribution in [3.63, 3.8) is 0 Å². The Bertz CT molecular complexity index is 1050. The van der Waals surface area contributed by atoms with Crippen LogP contribution in [0.3, 0.4) is 0 Å². The average molecular weight is 597 g/mol. The molecule has 3 aromatic carbocycles. The van der Waals surface area contributed by atoms with Gasteiger partial charge in [-0.25, -0.2) is 0 Å². The molecule has 0 radical (unpaired) electrons. The molecule has 0 bridgehead atoms. The van der Waals surface area contributed by atoms with E-state index in [9.17, 15) is 0 Å². The van der Waals surface area contributed by atoms with Crippen LogP contribution in [0.15, 0.2) is 48.5 Å². The number of hydrogen-bond acceptors (Lipinski definition) is 3. The molecule has 3 rings (SSSR count). The number of anilines is 1. The molecule has 0 amide bonds. The molecule has 0 aliphatic heterocycles. The lowest BCUT2D eigenvalue weighted by atomic mass is 10.2. The van der Waals surface area contributed by atoms with E-state index in [1.807, 2.05) is 31.2 Å². The normalized spacial score (nSPS) is 10.7. The topological polar surface area (TPSA) is 30.5 Å². The van der Waals surface area contributed by atoms with Crippen LogP contribution >= 0.6 is 69.0 Å². The molecule has 3 nitrogen and oxygen atoms in total. The van der Waals surface area contributed by atoms with Crippen molar-refractivity contribution in [3.05, 3.63) is 83.3 Å². The fraction of sp³-hybridized carbons (Fsp3) is 0.182. The minimum atomic E-state index is 0.312. The third kappa shape index (κ3) is 6.24. The first-order valence-corrected chi connectivity index (χ1v) is 11.7. The van der Waals surface area contributed by atoms with Crippen molar-refractivity contribution in [1.29, 1.82) is 0 Å². The lowest BCUT2D eigenvalue weighted by Gasteiger charge is -2.17. The summed E-state index contributed by atoms with van der Waals surface area (Å²) in [6, 6.07) is 14.8. The molecule has 8 heteroatoms. The fourth-order valence-corrected chi connectivity index (χ4v) is 4.31. The summed E-state index contributed by atoms with van der Waals surface area (Å²) in [5.74, 6) is 1.36. The molecule has 0 unspecified atom stereocenters. The minimum Gasteiger partial charge on any atom is -0.490 e. The van der Waals surface area contributed by atoms with Gasteiger partial charge in [0.15, 0.2) is 11.5 Å². The second-order valence-electron chi connectivity index (χ2n) is 6.34. The number of ether oxygens (including phenoxy) is 2. The monoisotopic (exact) mass is 595 g/mol. The molecule has 0 saturated heterocycles. The van der Waals surface area contributed by atoms with E-state index in [1.165, 1.54) is 0 Å². The smallest absolute Gasteiger partial charge is 0.174 e. The van der Waals surface area contributed by atoms with Crippen LogP contribution in [0.2, 0.25) is 20.1 Å². The Morgan fingerprint density at radius 1 is 0.867 bits per heavy atom. The van der Waals surface area contributed by atoms with E-state index in [0.29, 0.717) is 51.3 Å². The van der Waals surface area contributed by atoms with Crippen LogP contribution in [0, 0.1) is 3.57 Å². The predicted octanol–water partition coefficient (Wildman–Crippen LogP) is 8.49. The maximum absolute atomic E-state index is 6.26. The van der Waals surface area contributed by atoms with Gasteiger partial charge in [-0.05, 0) is 77.5 Å². The molecular weight excluding hydrogens is 579 g/mol. The zero-order valence-corrected chi connectivity index (χ0v) is 21.1. The summed E-state index contributed by atoms with van der Waals surface area (Å²) < 4.78 is 12.8. The summed E-state index contributed by atoms with van der Waals surface area (Å²) in [6.45, 7) is 3.37. The molecule has 0 aromatic heterocycles. The van der Waals surface area contributed by atoms with E-state index >= 15 is 0 Å². The van der Waals surface area contributed by atoms with Crippen LogP contribution in [-0.4, -0.2) is 6.61 Å². The quantitative estimate of drug-likeness (QED) is 0.265. The van der Waals surface area contributed by atoms with Crippen molar-refractivity contribution >= 4 is 74.7 Å². The highest BCUT2D eigenvalue weighted by atomic mass is 127. The number of nitrogens with one attached hydrogen (secondary N) is 1. The van der Waals surface area contributed by atoms with E-state index in [-0.39, 0.29) is 0 Å². The largest absolute Gasteiger partial charge is 0.490 e. The summed E-state index contributed by atoms with van der Waals surface area (Å²) >= 11 is 26.5. The predicted molar refractivity (Wildman–Crippen MR) is 135 cm³/mol. The third-order valence-electron chi connectivity index (χ3n) is 4.17. The summed E-state index contributed by atoms with van der Waals surface area (Å²) in [4.78, 5) is 0. The first-order chi connectivity index (χ1) is 14.4. The Labute approximate surface area is 209 Å². The van der Waals surface area contributed by atoms with Gasteiger partial charge >= 0.3 is 0 Å². The van der Waals surface area contributed by atoms with Crippen LogP contribution < -0.4 is 14.8 Å². The van der Waals surface area contributed by atoms with Crippen molar-refractivity contribution in [2.24, 2.45) is 0 Å². The van der Waals surface area contributed by atoms with Gasteiger partial charge in [-0.1, -0.05) is 52.5 Å². The Balaban J connectivity index is 1.76. The molecule has 0 heterocycles. The molecule has 0 saturated carbocycles. The van der Waals surface area contributed by atoms with Crippen LogP contribution in [-0.2, 0) is 13.2 Å². The van der Waals surface area contributed by atoms with Crippen LogP contribution in [0.25, 0.3) is 0 Å². The van der Waals surface area contributed by atoms with E-state index in [2.05, 4.69) is 27.9 Å². The van der Waals surface area contributed by atoms with Gasteiger partial charge in [0.1, 0.15) is 6.61 Å². The van der Waals surface area contributed by atoms with E-state index in [1.54, 1.807) is 24.3 Å². The summed E-state index contributed by atoms with van der Waals surface area (Å²) in [6.07, 6.45) is 0. The van der Waals surface area contributed by atoms with Gasteiger partial charge in [0.25, 0.3) is 0 Å². The molecule has 0 spiro atoms. The number of benzene rings is 3. The zero-order chi connectivity index (χ0) is 21.7. The number of rotatable bonds is 8. The standard InChI is InChI=1S/C22H18Cl4INO2/c1-2-29-21-8-13(11-28-16-5-6-17(24)19(26)10-16)7-20(27)22(21)30-12-14-3-4-15(23)9-18(14)25/h3-10,28H,2,11-12H2,1H3. The van der Waals surface area contributed by atoms with Gasteiger partial charge < -0.3 is 14.8 Å². The molecule has 158 valence electrons. The van der Waals surface area contributed by atoms with Crippen LogP contribution in [0.4, 0.5) is 5.69 Å². The zero-order valence-electron chi connectivity index (χ0n) is 15.9. The van der Waals surface area contributed by atoms with Gasteiger partial charge in [-0.2, -0.15) is 0 Å². The molecule has 0 atom stereocenters. The van der Waals surface area contributed by atoms with Gasteiger partial charge in [0, 0.05) is 27.8 Å². The second kappa shape index (κ2) is 11.0. The number of halogens is 5. The van der Waals surface area contributed by atoms with Crippen molar-refractivity contribution in [1.82, 2.24) is 0 Å². The van der Waals surface area contributed by atoms with Crippen LogP contribution in [0.5, 0.6) is 11.5 Å². The first kappa shape index (κ1) is 23.6. The van der Waals surface area contributed by atoms with E-state index in [0.717, 1.165) is 20.4 Å². The Hall–Kier alpha value is -1.05. The highest BCUT2D eigenvalue weighted by Crippen LogP contribution is 2.36. The van der Waals surface area contributed by atoms with Gasteiger partial charge in [-0.15, -0.1) is 0 Å². The SMILES string of the molecule is CCOc1cc(CNc2ccc(Cl)c(Cl)c2)cc(I)c1OCc1ccc(Cl)cc1Cl. The molecule has 0 fully saturated rings. The summed E-state index contributed by atoms with van der Waals surface area (Å²) in [5.41, 5.74) is 2.78. The highest BCUT2D eigenvalue weighted by molar-refractivity contribution is 14.1. The Morgan fingerprint density at radius 2 is 1.67 bits per heavy atom. The van der Waals surface area contributed by atoms with Crippen LogP contribution in [0.1, 0.15) is 18.1 Å². The fourth-order valence-electron chi connectivity index (χ4n) is 2.73. The van der Waals surface area contributed by atoms with E-state index < -0.39 is 0 Å². The molecule has 0 aliphatic rings. The van der Waals surface area contributed by atoms with Crippen molar-refractivity contribution in [2.75, 3.05) is 11.9 Å². The molecule has 3 aromatic rings. The second-order valence-corrected chi connectivity index (χ2v) is 9.16. The number of hydrogen-bond donors (Lipinski definition) is 1. The summed E-state index contributed by atoms with van der Waals surface area (Å²) in [5, 5.41) is 5.54. The molecule has 0 aliphatic carbocycles. The molecular formula is C22H18Cl4INO2. The maximum atomic E-state index is 6.26. The molecule has 30 heavy (non-hydrogen) atoms. The first-order valence-electron chi connectivity index (χ1n) is 9.08. The van der Waals surface area contributed by atoms with Gasteiger partial charge in [0.05, 0.1) is 20.2 Å². The van der Waals surface area contributed by atoms with Crippen molar-refractivity contribution in [3.8, 4) is 11.5 Å². The van der Waals surface area contributed by atoms with E-state index in [4.69, 9.17) is 55.9 Å². The Kier molecular flexibility index (Phi) is 8.66. The molecule has 1 N–H and O–H groups in total. The van der Waals surface area contributed by atoms with Gasteiger partial charge in [0.2, 0.25) is 0 Å². The lowest BCUT2D eigenvalue weighted by molar-refractivity contribution is 0.267. The van der Waals surface area contributed by atoms with Gasteiger partial charge in [-0.3, -0.25) is 0 Å².